The normalized spacial score (nSPS) is 10.1. The van der Waals surface area contributed by atoms with E-state index in [4.69, 9.17) is 9.47 Å². The number of hydrogen-bond donors (Lipinski definition) is 2. The first-order chi connectivity index (χ1) is 14.4. The predicted octanol–water partition coefficient (Wildman–Crippen LogP) is 3.07. The maximum absolute atomic E-state index is 12.0. The number of rotatable bonds is 9. The lowest BCUT2D eigenvalue weighted by Gasteiger charge is -2.09. The molecule has 0 heterocycles. The zero-order valence-electron chi connectivity index (χ0n) is 16.9. The van der Waals surface area contributed by atoms with Gasteiger partial charge in [0.05, 0.1) is 18.6 Å². The molecule has 8 heteroatoms. The molecule has 0 atom stereocenters. The number of amides is 2. The minimum absolute atomic E-state index is 0.0993. The molecule has 0 aliphatic rings. The molecular formula is C22H24N2O6. The first kappa shape index (κ1) is 22.6. The minimum Gasteiger partial charge on any atom is -0.462 e. The van der Waals surface area contributed by atoms with Gasteiger partial charge in [-0.05, 0) is 49.7 Å². The lowest BCUT2D eigenvalue weighted by Crippen LogP contribution is -2.22. The van der Waals surface area contributed by atoms with Gasteiger partial charge >= 0.3 is 11.9 Å². The largest absolute Gasteiger partial charge is 0.462 e. The highest BCUT2D eigenvalue weighted by Crippen LogP contribution is 2.13. The van der Waals surface area contributed by atoms with Gasteiger partial charge in [-0.2, -0.15) is 0 Å². The number of para-hydroxylation sites is 1. The Morgan fingerprint density at radius 2 is 1.53 bits per heavy atom. The van der Waals surface area contributed by atoms with E-state index in [9.17, 15) is 19.2 Å². The second kappa shape index (κ2) is 11.4. The van der Waals surface area contributed by atoms with Crippen LogP contribution < -0.4 is 10.6 Å². The molecule has 0 bridgehead atoms. The molecule has 8 nitrogen and oxygen atoms in total. The zero-order valence-corrected chi connectivity index (χ0v) is 16.9. The third kappa shape index (κ3) is 7.38. The van der Waals surface area contributed by atoms with E-state index in [1.165, 1.54) is 12.1 Å². The number of carbonyl (C=O) groups is 4. The third-order valence-corrected chi connectivity index (χ3v) is 4.02. The van der Waals surface area contributed by atoms with E-state index < -0.39 is 24.5 Å². The highest BCUT2D eigenvalue weighted by atomic mass is 16.5. The molecular weight excluding hydrogens is 388 g/mol. The van der Waals surface area contributed by atoms with Crippen LogP contribution in [-0.4, -0.2) is 37.0 Å². The Morgan fingerprint density at radius 1 is 0.833 bits per heavy atom. The van der Waals surface area contributed by atoms with Crippen molar-refractivity contribution in [1.82, 2.24) is 0 Å². The van der Waals surface area contributed by atoms with E-state index in [0.29, 0.717) is 16.9 Å². The molecule has 0 saturated heterocycles. The third-order valence-electron chi connectivity index (χ3n) is 4.02. The number of aryl methyl sites for hydroxylation is 1. The number of ether oxygens (including phenoxy) is 2. The number of esters is 2. The van der Waals surface area contributed by atoms with E-state index in [1.807, 2.05) is 19.1 Å². The van der Waals surface area contributed by atoms with Crippen LogP contribution >= 0.6 is 0 Å². The summed E-state index contributed by atoms with van der Waals surface area (Å²) in [4.78, 5) is 47.2. The van der Waals surface area contributed by atoms with Gasteiger partial charge in [0.15, 0.2) is 6.61 Å². The molecule has 0 aromatic heterocycles. The predicted molar refractivity (Wildman–Crippen MR) is 111 cm³/mol. The van der Waals surface area contributed by atoms with Crippen LogP contribution in [0.1, 0.15) is 35.7 Å². The Hall–Kier alpha value is -3.68. The fourth-order valence-electron chi connectivity index (χ4n) is 2.46. The van der Waals surface area contributed by atoms with Gasteiger partial charge in [0, 0.05) is 17.8 Å². The van der Waals surface area contributed by atoms with Crippen LogP contribution in [-0.2, 0) is 23.9 Å². The van der Waals surface area contributed by atoms with Crippen molar-refractivity contribution >= 4 is 35.1 Å². The van der Waals surface area contributed by atoms with Gasteiger partial charge in [0.25, 0.3) is 5.91 Å². The number of hydrogen-bond acceptors (Lipinski definition) is 6. The molecule has 0 unspecified atom stereocenters. The van der Waals surface area contributed by atoms with Gasteiger partial charge in [-0.25, -0.2) is 4.79 Å². The van der Waals surface area contributed by atoms with Crippen molar-refractivity contribution in [3.8, 4) is 0 Å². The zero-order chi connectivity index (χ0) is 21.9. The van der Waals surface area contributed by atoms with Crippen LogP contribution in [0, 0.1) is 6.92 Å². The van der Waals surface area contributed by atoms with Crippen molar-refractivity contribution < 1.29 is 28.7 Å². The molecule has 2 amide bonds. The Morgan fingerprint density at radius 3 is 2.20 bits per heavy atom. The molecule has 2 aromatic carbocycles. The average Bonchev–Trinajstić information content (AvgIpc) is 2.73. The van der Waals surface area contributed by atoms with Gasteiger partial charge < -0.3 is 20.1 Å². The van der Waals surface area contributed by atoms with Crippen LogP contribution in [0.25, 0.3) is 0 Å². The number of benzene rings is 2. The highest BCUT2D eigenvalue weighted by Gasteiger charge is 2.12. The summed E-state index contributed by atoms with van der Waals surface area (Å²) in [5.41, 5.74) is 2.40. The van der Waals surface area contributed by atoms with Crippen molar-refractivity contribution in [3.05, 3.63) is 59.7 Å². The molecule has 0 saturated carbocycles. The smallest absolute Gasteiger partial charge is 0.338 e. The summed E-state index contributed by atoms with van der Waals surface area (Å²) in [7, 11) is 0. The van der Waals surface area contributed by atoms with Crippen molar-refractivity contribution in [2.24, 2.45) is 0 Å². The van der Waals surface area contributed by atoms with E-state index in [0.717, 1.165) is 5.56 Å². The molecule has 0 aliphatic heterocycles. The molecule has 2 N–H and O–H groups in total. The second-order valence-corrected chi connectivity index (χ2v) is 6.37. The van der Waals surface area contributed by atoms with Crippen molar-refractivity contribution in [2.75, 3.05) is 23.8 Å². The van der Waals surface area contributed by atoms with Gasteiger partial charge in [-0.1, -0.05) is 18.2 Å². The first-order valence-electron chi connectivity index (χ1n) is 9.47. The average molecular weight is 412 g/mol. The number of carbonyl (C=O) groups excluding carboxylic acids is 4. The van der Waals surface area contributed by atoms with E-state index in [1.54, 1.807) is 31.2 Å². The maximum atomic E-state index is 12.0. The molecule has 0 fully saturated rings. The maximum Gasteiger partial charge on any atom is 0.338 e. The lowest BCUT2D eigenvalue weighted by molar-refractivity contribution is -0.147. The molecule has 0 spiro atoms. The van der Waals surface area contributed by atoms with Crippen LogP contribution in [0.4, 0.5) is 11.4 Å². The summed E-state index contributed by atoms with van der Waals surface area (Å²) in [6.45, 7) is 3.42. The van der Waals surface area contributed by atoms with Crippen LogP contribution in [0.3, 0.4) is 0 Å². The molecule has 158 valence electrons. The number of anilines is 2. The Balaban J connectivity index is 1.70. The summed E-state index contributed by atoms with van der Waals surface area (Å²) < 4.78 is 9.79. The van der Waals surface area contributed by atoms with Gasteiger partial charge in [0.2, 0.25) is 5.91 Å². The fourth-order valence-corrected chi connectivity index (χ4v) is 2.46. The molecule has 2 rings (SSSR count). The van der Waals surface area contributed by atoms with Gasteiger partial charge in [0.1, 0.15) is 0 Å². The van der Waals surface area contributed by atoms with Crippen LogP contribution in [0.15, 0.2) is 48.5 Å². The van der Waals surface area contributed by atoms with Gasteiger partial charge in [-0.15, -0.1) is 0 Å². The molecule has 0 aliphatic carbocycles. The summed E-state index contributed by atoms with van der Waals surface area (Å²) in [6.07, 6.45) is -0.262. The Bertz CT molecular complexity index is 908. The first-order valence-corrected chi connectivity index (χ1v) is 9.47. The second-order valence-electron chi connectivity index (χ2n) is 6.37. The lowest BCUT2D eigenvalue weighted by atomic mass is 10.2. The standard InChI is InChI=1S/C22H24N2O6/c1-3-29-22(28)16-8-10-17(11-9-16)23-19(25)12-13-21(27)30-14-20(26)24-18-7-5-4-6-15(18)2/h4-11H,3,12-14H2,1-2H3,(H,23,25)(H,24,26). The van der Waals surface area contributed by atoms with E-state index in [2.05, 4.69) is 10.6 Å². The van der Waals surface area contributed by atoms with Crippen LogP contribution in [0.5, 0.6) is 0 Å². The summed E-state index contributed by atoms with van der Waals surface area (Å²) in [6, 6.07) is 13.5. The number of nitrogens with one attached hydrogen (secondary N) is 2. The molecule has 0 radical (unpaired) electrons. The van der Waals surface area contributed by atoms with E-state index >= 15 is 0 Å². The quantitative estimate of drug-likeness (QED) is 0.613. The summed E-state index contributed by atoms with van der Waals surface area (Å²) >= 11 is 0. The van der Waals surface area contributed by atoms with Crippen molar-refractivity contribution in [2.45, 2.75) is 26.7 Å². The van der Waals surface area contributed by atoms with Crippen molar-refractivity contribution in [3.63, 3.8) is 0 Å². The summed E-state index contributed by atoms with van der Waals surface area (Å²) in [5, 5.41) is 5.28. The summed E-state index contributed by atoms with van der Waals surface area (Å²) in [5.74, 6) is -1.93. The Labute approximate surface area is 174 Å². The monoisotopic (exact) mass is 412 g/mol. The Kier molecular flexibility index (Phi) is 8.56. The fraction of sp³-hybridized carbons (Fsp3) is 0.273. The van der Waals surface area contributed by atoms with E-state index in [-0.39, 0.29) is 25.4 Å². The minimum atomic E-state index is -0.650. The highest BCUT2D eigenvalue weighted by molar-refractivity contribution is 5.95. The topological polar surface area (TPSA) is 111 Å². The van der Waals surface area contributed by atoms with Gasteiger partial charge in [-0.3, -0.25) is 14.4 Å². The van der Waals surface area contributed by atoms with Crippen molar-refractivity contribution in [1.29, 1.82) is 0 Å². The SMILES string of the molecule is CCOC(=O)c1ccc(NC(=O)CCC(=O)OCC(=O)Nc2ccccc2C)cc1. The van der Waals surface area contributed by atoms with Crippen LogP contribution in [0.2, 0.25) is 0 Å². The molecule has 30 heavy (non-hydrogen) atoms. The molecule has 2 aromatic rings.